The van der Waals surface area contributed by atoms with Gasteiger partial charge in [-0.05, 0) is 132 Å². The van der Waals surface area contributed by atoms with E-state index >= 15 is 0 Å². The molecule has 0 amide bonds. The first-order chi connectivity index (χ1) is 27.9. The Morgan fingerprint density at radius 1 is 0.475 bits per heavy atom. The topological polar surface area (TPSA) is 3.24 Å². The lowest BCUT2D eigenvalue weighted by Crippen LogP contribution is -2.41. The van der Waals surface area contributed by atoms with Gasteiger partial charge in [-0.15, -0.1) is 0 Å². The highest BCUT2D eigenvalue weighted by Gasteiger charge is 2.53. The van der Waals surface area contributed by atoms with Gasteiger partial charge in [0, 0.05) is 22.4 Å². The fourth-order valence-electron chi connectivity index (χ4n) is 11.0. The Bertz CT molecular complexity index is 2680. The smallest absolute Gasteiger partial charge is 0.0539 e. The molecule has 298 valence electrons. The van der Waals surface area contributed by atoms with Gasteiger partial charge in [0.25, 0.3) is 0 Å². The molecule has 59 heavy (non-hydrogen) atoms. The fourth-order valence-corrected chi connectivity index (χ4v) is 11.0. The molecule has 0 bridgehead atoms. The van der Waals surface area contributed by atoms with Crippen molar-refractivity contribution in [1.82, 2.24) is 0 Å². The van der Waals surface area contributed by atoms with Crippen molar-refractivity contribution in [3.63, 3.8) is 0 Å². The molecule has 3 aliphatic carbocycles. The number of para-hydroxylation sites is 1. The molecular weight excluding hydrogens is 711 g/mol. The van der Waals surface area contributed by atoms with E-state index in [-0.39, 0.29) is 27.1 Å². The lowest BCUT2D eigenvalue weighted by molar-refractivity contribution is 0.277. The van der Waals surface area contributed by atoms with Crippen LogP contribution in [0.1, 0.15) is 134 Å². The summed E-state index contributed by atoms with van der Waals surface area (Å²) in [6.45, 7) is 26.4. The maximum absolute atomic E-state index is 2.61. The minimum atomic E-state index is -0.363. The molecule has 0 heterocycles. The molecule has 0 aromatic heterocycles. The number of benzene rings is 6. The molecule has 9 rings (SSSR count). The molecule has 0 aliphatic heterocycles. The van der Waals surface area contributed by atoms with Crippen molar-refractivity contribution in [3.8, 4) is 22.3 Å². The molecule has 1 heteroatoms. The van der Waals surface area contributed by atoms with Crippen LogP contribution in [0.4, 0.5) is 17.1 Å². The van der Waals surface area contributed by atoms with Crippen LogP contribution in [0.25, 0.3) is 27.8 Å². The summed E-state index contributed by atoms with van der Waals surface area (Å²) in [5.74, 6) is 0. The van der Waals surface area contributed by atoms with E-state index in [9.17, 15) is 0 Å². The normalized spacial score (nSPS) is 17.8. The molecule has 0 saturated carbocycles. The van der Waals surface area contributed by atoms with Gasteiger partial charge >= 0.3 is 0 Å². The summed E-state index contributed by atoms with van der Waals surface area (Å²) >= 11 is 0. The van der Waals surface area contributed by atoms with Crippen LogP contribution < -0.4 is 4.90 Å². The van der Waals surface area contributed by atoms with Gasteiger partial charge in [-0.1, -0.05) is 185 Å². The van der Waals surface area contributed by atoms with Crippen molar-refractivity contribution in [2.45, 2.75) is 111 Å². The second kappa shape index (κ2) is 13.6. The Morgan fingerprint density at radius 3 is 1.75 bits per heavy atom. The standard InChI is InChI=1S/C58H61N/c1-54(2,3)51-36-46-45-34-40(31-33-48(45)58(56(7,8)9,39-24-16-13-17-25-39)50(46)37-52(51)55(4,5)6)59(53-29-21-19-26-42(53)38-22-14-12-15-23-38)41-30-32-44-43-27-18-20-28-47(43)57(10,11)49(44)35-41/h13-14,16-37H,12,15H2,1-11H3. The van der Waals surface area contributed by atoms with Gasteiger partial charge in [0.15, 0.2) is 0 Å². The summed E-state index contributed by atoms with van der Waals surface area (Å²) in [6.07, 6.45) is 9.20. The van der Waals surface area contributed by atoms with Gasteiger partial charge in [-0.3, -0.25) is 0 Å². The van der Waals surface area contributed by atoms with E-state index in [1.807, 2.05) is 0 Å². The van der Waals surface area contributed by atoms with E-state index in [4.69, 9.17) is 0 Å². The summed E-state index contributed by atoms with van der Waals surface area (Å²) in [7, 11) is 0. The molecule has 6 aromatic carbocycles. The number of anilines is 3. The Hall–Kier alpha value is -5.40. The second-order valence-electron chi connectivity index (χ2n) is 20.9. The minimum absolute atomic E-state index is 0.0261. The third-order valence-electron chi connectivity index (χ3n) is 13.7. The summed E-state index contributed by atoms with van der Waals surface area (Å²) in [5, 5.41) is 0. The highest BCUT2D eigenvalue weighted by molar-refractivity contribution is 5.94. The van der Waals surface area contributed by atoms with Crippen LogP contribution in [-0.4, -0.2) is 0 Å². The second-order valence-corrected chi connectivity index (χ2v) is 20.9. The largest absolute Gasteiger partial charge is 0.310 e. The summed E-state index contributed by atoms with van der Waals surface area (Å²) < 4.78 is 0. The van der Waals surface area contributed by atoms with Crippen molar-refractivity contribution >= 4 is 22.6 Å². The van der Waals surface area contributed by atoms with Crippen LogP contribution >= 0.6 is 0 Å². The van der Waals surface area contributed by atoms with Gasteiger partial charge in [0.1, 0.15) is 0 Å². The molecule has 1 nitrogen and oxygen atoms in total. The Labute approximate surface area is 354 Å². The van der Waals surface area contributed by atoms with Crippen LogP contribution in [0.5, 0.6) is 0 Å². The number of hydrogen-bond acceptors (Lipinski definition) is 1. The lowest BCUT2D eigenvalue weighted by Gasteiger charge is -2.45. The van der Waals surface area contributed by atoms with E-state index in [0.29, 0.717) is 0 Å². The maximum atomic E-state index is 2.61. The van der Waals surface area contributed by atoms with Gasteiger partial charge in [0.2, 0.25) is 0 Å². The van der Waals surface area contributed by atoms with E-state index in [2.05, 4.69) is 227 Å². The van der Waals surface area contributed by atoms with Crippen LogP contribution in [0, 0.1) is 5.41 Å². The zero-order chi connectivity index (χ0) is 41.7. The van der Waals surface area contributed by atoms with Crippen molar-refractivity contribution in [1.29, 1.82) is 0 Å². The average Bonchev–Trinajstić information content (AvgIpc) is 3.63. The van der Waals surface area contributed by atoms with Crippen molar-refractivity contribution < 1.29 is 0 Å². The molecular formula is C58H61N. The van der Waals surface area contributed by atoms with Crippen LogP contribution in [0.3, 0.4) is 0 Å². The minimum Gasteiger partial charge on any atom is -0.310 e. The van der Waals surface area contributed by atoms with Gasteiger partial charge < -0.3 is 4.90 Å². The summed E-state index contributed by atoms with van der Waals surface area (Å²) in [6, 6.07) is 49.2. The average molecular weight is 772 g/mol. The van der Waals surface area contributed by atoms with E-state index in [1.54, 1.807) is 0 Å². The molecule has 0 radical (unpaired) electrons. The number of nitrogens with zero attached hydrogens (tertiary/aromatic N) is 1. The van der Waals surface area contributed by atoms with E-state index in [1.165, 1.54) is 89.4 Å². The number of rotatable bonds is 5. The van der Waals surface area contributed by atoms with Gasteiger partial charge in [-0.2, -0.15) is 0 Å². The van der Waals surface area contributed by atoms with Crippen molar-refractivity contribution in [3.05, 3.63) is 190 Å². The predicted molar refractivity (Wildman–Crippen MR) is 254 cm³/mol. The summed E-state index contributed by atoms with van der Waals surface area (Å²) in [4.78, 5) is 2.55. The SMILES string of the molecule is CC(C)(C)c1cc2c(cc1C(C)(C)C)C(c1ccccc1)(C(C)(C)C)c1ccc(N(c3ccc4c(c3)C(C)(C)c3ccccc3-4)c3ccccc3C3=CCCC=C3)cc1-2. The molecule has 1 atom stereocenters. The van der Waals surface area contributed by atoms with Gasteiger partial charge in [-0.25, -0.2) is 0 Å². The van der Waals surface area contributed by atoms with Crippen LogP contribution in [-0.2, 0) is 21.7 Å². The maximum Gasteiger partial charge on any atom is 0.0539 e. The number of hydrogen-bond donors (Lipinski definition) is 0. The van der Waals surface area contributed by atoms with Crippen molar-refractivity contribution in [2.75, 3.05) is 4.90 Å². The molecule has 0 spiro atoms. The molecule has 6 aromatic rings. The van der Waals surface area contributed by atoms with Crippen molar-refractivity contribution in [2.24, 2.45) is 5.41 Å². The van der Waals surface area contributed by atoms with E-state index < -0.39 is 0 Å². The first-order valence-electron chi connectivity index (χ1n) is 21.8. The highest BCUT2D eigenvalue weighted by atomic mass is 15.1. The highest BCUT2D eigenvalue weighted by Crippen LogP contribution is 2.63. The third kappa shape index (κ3) is 6.02. The predicted octanol–water partition coefficient (Wildman–Crippen LogP) is 16.2. The number of allylic oxidation sites excluding steroid dienone is 4. The molecule has 0 saturated heterocycles. The zero-order valence-electron chi connectivity index (χ0n) is 37.2. The third-order valence-corrected chi connectivity index (χ3v) is 13.7. The number of fused-ring (bicyclic) bond motifs is 6. The van der Waals surface area contributed by atoms with Crippen LogP contribution in [0.15, 0.2) is 146 Å². The molecule has 0 fully saturated rings. The first kappa shape index (κ1) is 39.1. The molecule has 1 unspecified atom stereocenters. The monoisotopic (exact) mass is 771 g/mol. The fraction of sp³-hybridized carbons (Fsp3) is 0.310. The molecule has 3 aliphatic rings. The zero-order valence-corrected chi connectivity index (χ0v) is 37.2. The first-order valence-corrected chi connectivity index (χ1v) is 21.8. The van der Waals surface area contributed by atoms with Gasteiger partial charge in [0.05, 0.1) is 11.1 Å². The lowest BCUT2D eigenvalue weighted by atomic mass is 9.57. The van der Waals surface area contributed by atoms with E-state index in [0.717, 1.165) is 12.8 Å². The Balaban J connectivity index is 1.35. The quantitative estimate of drug-likeness (QED) is 0.169. The van der Waals surface area contributed by atoms with Crippen LogP contribution in [0.2, 0.25) is 0 Å². The Kier molecular flexibility index (Phi) is 8.99. The summed E-state index contributed by atoms with van der Waals surface area (Å²) in [5.41, 5.74) is 20.6. The molecule has 0 N–H and O–H groups in total. The Morgan fingerprint density at radius 2 is 1.07 bits per heavy atom.